The zero-order valence-electron chi connectivity index (χ0n) is 10.6. The Morgan fingerprint density at radius 1 is 1.43 bits per heavy atom. The highest BCUT2D eigenvalue weighted by Crippen LogP contribution is 2.49. The van der Waals surface area contributed by atoms with Gasteiger partial charge in [0.1, 0.15) is 11.9 Å². The lowest BCUT2D eigenvalue weighted by atomic mass is 10.0. The molecule has 4 N–H and O–H groups in total. The fraction of sp³-hybridized carbons (Fsp3) is 0.385. The van der Waals surface area contributed by atoms with Gasteiger partial charge in [-0.25, -0.2) is 0 Å². The quantitative estimate of drug-likeness (QED) is 0.586. The number of nitrogens with zero attached hydrogens (tertiary/aromatic N) is 1. The van der Waals surface area contributed by atoms with E-state index in [0.717, 1.165) is 0 Å². The van der Waals surface area contributed by atoms with Gasteiger partial charge in [0.05, 0.1) is 12.1 Å². The van der Waals surface area contributed by atoms with Crippen LogP contribution >= 0.6 is 27.5 Å². The van der Waals surface area contributed by atoms with Gasteiger partial charge in [0.15, 0.2) is 5.01 Å². The monoisotopic (exact) mass is 377 g/mol. The number of halogens is 2. The summed E-state index contributed by atoms with van der Waals surface area (Å²) < 4.78 is 6.42. The Morgan fingerprint density at radius 3 is 2.76 bits per heavy atom. The first kappa shape index (κ1) is 15.1. The molecule has 0 saturated carbocycles. The Balaban J connectivity index is 2.29. The van der Waals surface area contributed by atoms with E-state index in [1.807, 2.05) is 0 Å². The maximum atomic E-state index is 11.0. The van der Waals surface area contributed by atoms with Crippen molar-refractivity contribution < 1.29 is 25.2 Å². The SMILES string of the molecule is Oc1cn([C@]2(O)[C@@H](O)CO[C@]2(Cl)C(O)Br)c2ccccc12. The van der Waals surface area contributed by atoms with E-state index in [2.05, 4.69) is 15.9 Å². The van der Waals surface area contributed by atoms with Crippen LogP contribution in [0.3, 0.4) is 0 Å². The van der Waals surface area contributed by atoms with Crippen molar-refractivity contribution in [2.45, 2.75) is 21.9 Å². The second-order valence-corrected chi connectivity index (χ2v) is 6.36. The second-order valence-electron chi connectivity index (χ2n) is 4.94. The number of alkyl halides is 2. The lowest BCUT2D eigenvalue weighted by Gasteiger charge is -2.39. The number of aromatic hydroxyl groups is 1. The fourth-order valence-corrected chi connectivity index (χ4v) is 3.41. The van der Waals surface area contributed by atoms with Crippen molar-refractivity contribution in [2.75, 3.05) is 6.61 Å². The molecule has 1 aromatic heterocycles. The summed E-state index contributed by atoms with van der Waals surface area (Å²) in [6, 6.07) is 6.75. The third kappa shape index (κ3) is 1.86. The summed E-state index contributed by atoms with van der Waals surface area (Å²) in [4.78, 5) is 0. The summed E-state index contributed by atoms with van der Waals surface area (Å²) in [6.07, 6.45) is -0.146. The van der Waals surface area contributed by atoms with Crippen LogP contribution in [0.15, 0.2) is 30.5 Å². The molecule has 0 bridgehead atoms. The van der Waals surface area contributed by atoms with Crippen LogP contribution in [0.1, 0.15) is 0 Å². The molecule has 0 spiro atoms. The molecule has 1 aromatic carbocycles. The van der Waals surface area contributed by atoms with Gasteiger partial charge in [0.2, 0.25) is 10.8 Å². The molecular formula is C13H13BrClNO5. The molecule has 6 nitrogen and oxygen atoms in total. The van der Waals surface area contributed by atoms with Crippen LogP contribution in [0.4, 0.5) is 0 Å². The standard InChI is InChI=1S/C13H13BrClNO5/c14-11(19)12(15)13(20,10(18)6-21-12)16-5-9(17)7-3-1-2-4-8(7)16/h1-5,10-11,17-20H,6H2/t10-,11?,12+,13-/m0/s1. The largest absolute Gasteiger partial charge is 0.506 e. The van der Waals surface area contributed by atoms with E-state index in [0.29, 0.717) is 10.9 Å². The van der Waals surface area contributed by atoms with E-state index < -0.39 is 21.9 Å². The molecule has 1 aliphatic rings. The van der Waals surface area contributed by atoms with E-state index in [1.54, 1.807) is 24.3 Å². The number of benzene rings is 1. The minimum Gasteiger partial charge on any atom is -0.506 e. The second kappa shape index (κ2) is 4.84. The van der Waals surface area contributed by atoms with Crippen molar-refractivity contribution in [2.24, 2.45) is 0 Å². The highest BCUT2D eigenvalue weighted by molar-refractivity contribution is 9.09. The first-order valence-electron chi connectivity index (χ1n) is 6.17. The van der Waals surface area contributed by atoms with Crippen LogP contribution in [-0.4, -0.2) is 47.8 Å². The topological polar surface area (TPSA) is 95.1 Å². The molecule has 2 aromatic rings. The molecule has 1 aliphatic heterocycles. The number of fused-ring (bicyclic) bond motifs is 1. The Kier molecular flexibility index (Phi) is 3.47. The van der Waals surface area contributed by atoms with E-state index in [9.17, 15) is 20.4 Å². The Morgan fingerprint density at radius 2 is 2.10 bits per heavy atom. The third-order valence-electron chi connectivity index (χ3n) is 3.78. The first-order chi connectivity index (χ1) is 9.82. The summed E-state index contributed by atoms with van der Waals surface area (Å²) in [6.45, 7) is -0.268. The van der Waals surface area contributed by atoms with Gasteiger partial charge in [-0.2, -0.15) is 0 Å². The molecule has 1 fully saturated rings. The average molecular weight is 379 g/mol. The lowest BCUT2D eigenvalue weighted by Crippen LogP contribution is -2.58. The van der Waals surface area contributed by atoms with Gasteiger partial charge in [0.25, 0.3) is 0 Å². The van der Waals surface area contributed by atoms with Crippen molar-refractivity contribution in [1.82, 2.24) is 4.57 Å². The molecule has 4 atom stereocenters. The van der Waals surface area contributed by atoms with Gasteiger partial charge < -0.3 is 29.7 Å². The van der Waals surface area contributed by atoms with Gasteiger partial charge in [-0.1, -0.05) is 39.7 Å². The summed E-state index contributed by atoms with van der Waals surface area (Å²) >= 11 is 9.10. The van der Waals surface area contributed by atoms with Crippen LogP contribution in [0.2, 0.25) is 0 Å². The highest BCUT2D eigenvalue weighted by atomic mass is 79.9. The Labute approximate surface area is 133 Å². The maximum absolute atomic E-state index is 11.0. The van der Waals surface area contributed by atoms with Crippen LogP contribution in [-0.2, 0) is 10.5 Å². The number of hydrogen-bond donors (Lipinski definition) is 4. The van der Waals surface area contributed by atoms with E-state index in [1.165, 1.54) is 10.8 Å². The normalized spacial score (nSPS) is 34.4. The van der Waals surface area contributed by atoms with Crippen LogP contribution in [0.5, 0.6) is 5.75 Å². The smallest absolute Gasteiger partial charge is 0.228 e. The third-order valence-corrected chi connectivity index (χ3v) is 5.28. The summed E-state index contributed by atoms with van der Waals surface area (Å²) in [5.41, 5.74) is -1.72. The van der Waals surface area contributed by atoms with Gasteiger partial charge in [-0.3, -0.25) is 0 Å². The number of aliphatic hydroxyl groups excluding tert-OH is 2. The number of ether oxygens (including phenoxy) is 1. The summed E-state index contributed by atoms with van der Waals surface area (Å²) in [5.74, 6) is -0.0822. The zero-order valence-corrected chi connectivity index (χ0v) is 13.0. The van der Waals surface area contributed by atoms with Gasteiger partial charge in [-0.15, -0.1) is 0 Å². The molecule has 21 heavy (non-hydrogen) atoms. The average Bonchev–Trinajstić information content (AvgIpc) is 2.92. The maximum Gasteiger partial charge on any atom is 0.228 e. The van der Waals surface area contributed by atoms with Crippen molar-refractivity contribution in [3.63, 3.8) is 0 Å². The molecule has 2 heterocycles. The minimum atomic E-state index is -2.17. The van der Waals surface area contributed by atoms with Crippen molar-refractivity contribution in [3.05, 3.63) is 30.5 Å². The van der Waals surface area contributed by atoms with E-state index in [4.69, 9.17) is 16.3 Å². The molecule has 0 aliphatic carbocycles. The molecule has 8 heteroatoms. The fourth-order valence-electron chi connectivity index (χ4n) is 2.66. The van der Waals surface area contributed by atoms with Crippen LogP contribution in [0.25, 0.3) is 10.9 Å². The van der Waals surface area contributed by atoms with Crippen molar-refractivity contribution in [3.8, 4) is 5.75 Å². The molecule has 0 amide bonds. The predicted octanol–water partition coefficient (Wildman–Crippen LogP) is 1.03. The molecule has 114 valence electrons. The number of aliphatic hydroxyl groups is 3. The Hall–Kier alpha value is -0.830. The van der Waals surface area contributed by atoms with Crippen molar-refractivity contribution >= 4 is 38.4 Å². The molecule has 1 saturated heterocycles. The molecule has 0 radical (unpaired) electrons. The van der Waals surface area contributed by atoms with Crippen LogP contribution < -0.4 is 0 Å². The molecule has 3 rings (SSSR count). The van der Waals surface area contributed by atoms with E-state index in [-0.39, 0.29) is 12.4 Å². The summed E-state index contributed by atoms with van der Waals surface area (Å²) in [5, 5.41) is 38.0. The number of para-hydroxylation sites is 1. The lowest BCUT2D eigenvalue weighted by molar-refractivity contribution is -0.172. The zero-order chi connectivity index (χ0) is 15.4. The van der Waals surface area contributed by atoms with E-state index >= 15 is 0 Å². The minimum absolute atomic E-state index is 0.0822. The van der Waals surface area contributed by atoms with Crippen molar-refractivity contribution in [1.29, 1.82) is 0 Å². The number of rotatable bonds is 2. The Bertz CT molecular complexity index is 692. The van der Waals surface area contributed by atoms with Crippen LogP contribution in [0, 0.1) is 0 Å². The highest BCUT2D eigenvalue weighted by Gasteiger charge is 2.65. The predicted molar refractivity (Wildman–Crippen MR) is 79.3 cm³/mol. The number of hydrogen-bond acceptors (Lipinski definition) is 5. The van der Waals surface area contributed by atoms with Gasteiger partial charge in [-0.05, 0) is 12.1 Å². The molecular weight excluding hydrogens is 366 g/mol. The number of aromatic nitrogens is 1. The summed E-state index contributed by atoms with van der Waals surface area (Å²) in [7, 11) is 0. The first-order valence-corrected chi connectivity index (χ1v) is 7.46. The van der Waals surface area contributed by atoms with Gasteiger partial charge >= 0.3 is 0 Å². The molecule has 1 unspecified atom stereocenters. The van der Waals surface area contributed by atoms with Gasteiger partial charge in [0, 0.05) is 11.6 Å².